The van der Waals surface area contributed by atoms with E-state index in [9.17, 15) is 13.6 Å². The van der Waals surface area contributed by atoms with Gasteiger partial charge in [-0.25, -0.2) is 13.5 Å². The van der Waals surface area contributed by atoms with Gasteiger partial charge < -0.3 is 14.6 Å². The summed E-state index contributed by atoms with van der Waals surface area (Å²) in [7, 11) is 0. The standard InChI is InChI=1S/C22H18F2N4O3/c1-14(15-11-25-28(12-15)16-6-3-2-4-7-16)26-22(29)20-10-17(31-27-20)13-30-21-18(23)8-5-9-19(21)24/h2-12,14H,13H2,1H3,(H,26,29)/t14-/m0/s1. The van der Waals surface area contributed by atoms with Gasteiger partial charge in [-0.05, 0) is 31.2 Å². The average molecular weight is 424 g/mol. The molecule has 0 saturated carbocycles. The summed E-state index contributed by atoms with van der Waals surface area (Å²) in [5, 5.41) is 10.8. The molecule has 1 amide bonds. The normalized spacial score (nSPS) is 11.8. The third-order valence-corrected chi connectivity index (χ3v) is 4.54. The highest BCUT2D eigenvalue weighted by Crippen LogP contribution is 2.22. The van der Waals surface area contributed by atoms with Crippen LogP contribution >= 0.6 is 0 Å². The lowest BCUT2D eigenvalue weighted by molar-refractivity contribution is 0.0930. The minimum Gasteiger partial charge on any atom is -0.479 e. The number of carbonyl (C=O) groups is 1. The predicted octanol–water partition coefficient (Wildman–Crippen LogP) is 4.21. The van der Waals surface area contributed by atoms with Gasteiger partial charge in [0.1, 0.15) is 6.61 Å². The van der Waals surface area contributed by atoms with Crippen LogP contribution in [-0.4, -0.2) is 20.8 Å². The Bertz CT molecular complexity index is 1170. The quantitative estimate of drug-likeness (QED) is 0.481. The highest BCUT2D eigenvalue weighted by molar-refractivity contribution is 5.92. The molecule has 0 unspecified atom stereocenters. The van der Waals surface area contributed by atoms with Gasteiger partial charge in [-0.3, -0.25) is 4.79 Å². The molecule has 0 saturated heterocycles. The first-order valence-corrected chi connectivity index (χ1v) is 9.44. The molecule has 0 fully saturated rings. The maximum absolute atomic E-state index is 13.6. The molecule has 0 aliphatic heterocycles. The van der Waals surface area contributed by atoms with Gasteiger partial charge in [0.05, 0.1) is 17.9 Å². The molecule has 1 N–H and O–H groups in total. The Labute approximate surface area is 176 Å². The van der Waals surface area contributed by atoms with E-state index in [1.54, 1.807) is 10.9 Å². The van der Waals surface area contributed by atoms with Crippen LogP contribution in [0.2, 0.25) is 0 Å². The van der Waals surface area contributed by atoms with E-state index >= 15 is 0 Å². The first-order chi connectivity index (χ1) is 15.0. The molecule has 4 aromatic rings. The van der Waals surface area contributed by atoms with E-state index in [0.717, 1.165) is 23.4 Å². The molecule has 0 aliphatic carbocycles. The summed E-state index contributed by atoms with van der Waals surface area (Å²) >= 11 is 0. The molecule has 7 nitrogen and oxygen atoms in total. The molecular weight excluding hydrogens is 406 g/mol. The smallest absolute Gasteiger partial charge is 0.273 e. The van der Waals surface area contributed by atoms with E-state index in [2.05, 4.69) is 15.6 Å². The zero-order valence-corrected chi connectivity index (χ0v) is 16.5. The van der Waals surface area contributed by atoms with Crippen molar-refractivity contribution >= 4 is 5.91 Å². The van der Waals surface area contributed by atoms with Crippen LogP contribution in [0.15, 0.2) is 71.5 Å². The number of hydrogen-bond donors (Lipinski definition) is 1. The molecule has 0 bridgehead atoms. The molecule has 2 heterocycles. The number of ether oxygens (including phenoxy) is 1. The fourth-order valence-corrected chi connectivity index (χ4v) is 2.89. The minimum atomic E-state index is -0.831. The maximum Gasteiger partial charge on any atom is 0.273 e. The van der Waals surface area contributed by atoms with Gasteiger partial charge in [0.2, 0.25) is 0 Å². The number of amides is 1. The second kappa shape index (κ2) is 8.78. The molecule has 2 aromatic heterocycles. The molecule has 4 rings (SSSR count). The van der Waals surface area contributed by atoms with E-state index < -0.39 is 23.3 Å². The van der Waals surface area contributed by atoms with Gasteiger partial charge in [-0.1, -0.05) is 29.4 Å². The fourth-order valence-electron chi connectivity index (χ4n) is 2.89. The summed E-state index contributed by atoms with van der Waals surface area (Å²) in [6, 6.07) is 14.0. The first kappa shape index (κ1) is 20.3. The number of nitrogens with one attached hydrogen (secondary N) is 1. The van der Waals surface area contributed by atoms with Crippen molar-refractivity contribution in [1.29, 1.82) is 0 Å². The van der Waals surface area contributed by atoms with Gasteiger partial charge in [-0.2, -0.15) is 5.10 Å². The highest BCUT2D eigenvalue weighted by Gasteiger charge is 2.18. The van der Waals surface area contributed by atoms with Gasteiger partial charge in [0, 0.05) is 17.8 Å². The molecule has 1 atom stereocenters. The number of para-hydroxylation sites is 2. The summed E-state index contributed by atoms with van der Waals surface area (Å²) in [4.78, 5) is 12.5. The molecule has 31 heavy (non-hydrogen) atoms. The van der Waals surface area contributed by atoms with Crippen LogP contribution in [-0.2, 0) is 6.61 Å². The Morgan fingerprint density at radius 2 is 1.90 bits per heavy atom. The van der Waals surface area contributed by atoms with Crippen molar-refractivity contribution in [3.63, 3.8) is 0 Å². The number of aromatic nitrogens is 3. The van der Waals surface area contributed by atoms with Crippen molar-refractivity contribution in [3.8, 4) is 11.4 Å². The van der Waals surface area contributed by atoms with Crippen LogP contribution in [0.4, 0.5) is 8.78 Å². The number of benzene rings is 2. The second-order valence-electron chi connectivity index (χ2n) is 6.77. The van der Waals surface area contributed by atoms with Crippen molar-refractivity contribution in [3.05, 3.63) is 95.6 Å². The van der Waals surface area contributed by atoms with E-state index in [1.807, 2.05) is 43.5 Å². The van der Waals surface area contributed by atoms with Gasteiger partial charge in [0.25, 0.3) is 5.91 Å². The third-order valence-electron chi connectivity index (χ3n) is 4.54. The number of hydrogen-bond acceptors (Lipinski definition) is 5. The molecule has 9 heteroatoms. The topological polar surface area (TPSA) is 82.2 Å². The van der Waals surface area contributed by atoms with Crippen molar-refractivity contribution in [2.45, 2.75) is 19.6 Å². The fraction of sp³-hybridized carbons (Fsp3) is 0.136. The predicted molar refractivity (Wildman–Crippen MR) is 107 cm³/mol. The summed E-state index contributed by atoms with van der Waals surface area (Å²) < 4.78 is 39.1. The lowest BCUT2D eigenvalue weighted by Gasteiger charge is -2.10. The van der Waals surface area contributed by atoms with E-state index in [-0.39, 0.29) is 24.1 Å². The molecule has 0 radical (unpaired) electrons. The number of halogens is 2. The van der Waals surface area contributed by atoms with Gasteiger partial charge in [0.15, 0.2) is 28.8 Å². The minimum absolute atomic E-state index is 0.0231. The lowest BCUT2D eigenvalue weighted by Crippen LogP contribution is -2.26. The third kappa shape index (κ3) is 4.61. The van der Waals surface area contributed by atoms with Crippen LogP contribution in [0.3, 0.4) is 0 Å². The zero-order chi connectivity index (χ0) is 21.8. The average Bonchev–Trinajstić information content (AvgIpc) is 3.44. The summed E-state index contributed by atoms with van der Waals surface area (Å²) in [6.45, 7) is 1.53. The van der Waals surface area contributed by atoms with Crippen molar-refractivity contribution < 1.29 is 22.8 Å². The zero-order valence-electron chi connectivity index (χ0n) is 16.5. The van der Waals surface area contributed by atoms with E-state index in [1.165, 1.54) is 12.1 Å². The van der Waals surface area contributed by atoms with Crippen molar-refractivity contribution in [1.82, 2.24) is 20.3 Å². The molecular formula is C22H18F2N4O3. The summed E-state index contributed by atoms with van der Waals surface area (Å²) in [5.74, 6) is -2.50. The maximum atomic E-state index is 13.6. The molecule has 158 valence electrons. The Morgan fingerprint density at radius 3 is 2.65 bits per heavy atom. The Kier molecular flexibility index (Phi) is 5.74. The molecule has 0 spiro atoms. The summed E-state index contributed by atoms with van der Waals surface area (Å²) in [6.07, 6.45) is 3.49. The number of carbonyl (C=O) groups excluding carboxylic acids is 1. The van der Waals surface area contributed by atoms with E-state index in [0.29, 0.717) is 0 Å². The monoisotopic (exact) mass is 424 g/mol. The SMILES string of the molecule is C[C@H](NC(=O)c1cc(COc2c(F)cccc2F)on1)c1cnn(-c2ccccc2)c1. The summed E-state index contributed by atoms with van der Waals surface area (Å²) in [5.41, 5.74) is 1.73. The number of rotatable bonds is 7. The van der Waals surface area contributed by atoms with Gasteiger partial charge in [-0.15, -0.1) is 0 Å². The van der Waals surface area contributed by atoms with Crippen LogP contribution in [0, 0.1) is 11.6 Å². The first-order valence-electron chi connectivity index (χ1n) is 9.44. The number of nitrogens with zero attached hydrogens (tertiary/aromatic N) is 3. The van der Waals surface area contributed by atoms with Crippen molar-refractivity contribution in [2.24, 2.45) is 0 Å². The lowest BCUT2D eigenvalue weighted by atomic mass is 10.2. The largest absolute Gasteiger partial charge is 0.479 e. The van der Waals surface area contributed by atoms with Gasteiger partial charge >= 0.3 is 0 Å². The Morgan fingerprint density at radius 1 is 1.16 bits per heavy atom. The molecule has 2 aromatic carbocycles. The van der Waals surface area contributed by atoms with Crippen LogP contribution in [0.25, 0.3) is 5.69 Å². The second-order valence-corrected chi connectivity index (χ2v) is 6.77. The van der Waals surface area contributed by atoms with Crippen LogP contribution < -0.4 is 10.1 Å². The highest BCUT2D eigenvalue weighted by atomic mass is 19.1. The Hall–Kier alpha value is -4.01. The molecule has 0 aliphatic rings. The van der Waals surface area contributed by atoms with Crippen LogP contribution in [0.5, 0.6) is 5.75 Å². The van der Waals surface area contributed by atoms with Crippen LogP contribution in [0.1, 0.15) is 34.8 Å². The van der Waals surface area contributed by atoms with E-state index in [4.69, 9.17) is 9.26 Å². The Balaban J connectivity index is 1.37. The van der Waals surface area contributed by atoms with Crippen molar-refractivity contribution in [2.75, 3.05) is 0 Å².